The maximum Gasteiger partial charge on any atom is 0.181 e. The molecule has 1 aromatic heterocycles. The number of oxazole rings is 1. The van der Waals surface area contributed by atoms with Crippen molar-refractivity contribution in [3.63, 3.8) is 0 Å². The second-order valence-electron chi connectivity index (χ2n) is 4.63. The highest BCUT2D eigenvalue weighted by atomic mass is 19.1. The first-order chi connectivity index (χ1) is 10.7. The number of hydrogen-bond donors (Lipinski definition) is 2. The highest BCUT2D eigenvalue weighted by Gasteiger charge is 2.15. The predicted octanol–water partition coefficient (Wildman–Crippen LogP) is 2.45. The van der Waals surface area contributed by atoms with E-state index in [1.165, 1.54) is 24.7 Å². The number of nitrogens with two attached hydrogens (primary N) is 1. The summed E-state index contributed by atoms with van der Waals surface area (Å²) in [4.78, 5) is 8.33. The monoisotopic (exact) mass is 303 g/mol. The van der Waals surface area contributed by atoms with Gasteiger partial charge >= 0.3 is 0 Å². The minimum absolute atomic E-state index is 0.281. The molecule has 1 heterocycles. The Morgan fingerprint density at radius 2 is 2.32 bits per heavy atom. The standard InChI is InChI=1S/C16H18FN3O2/c1-2-19-8-11(7-18)5-15-16(20-10-22-15)14-4-3-13(17)6-12(14)9-21/h3-4,6-8,10,21H,2,5,9,18H2,1H3. The van der Waals surface area contributed by atoms with Crippen molar-refractivity contribution in [2.45, 2.75) is 20.0 Å². The molecule has 6 heteroatoms. The number of benzene rings is 1. The number of nitrogens with zero attached hydrogens (tertiary/aromatic N) is 2. The van der Waals surface area contributed by atoms with Gasteiger partial charge < -0.3 is 15.3 Å². The highest BCUT2D eigenvalue weighted by molar-refractivity contribution is 5.79. The molecule has 0 aliphatic carbocycles. The van der Waals surface area contributed by atoms with Crippen molar-refractivity contribution < 1.29 is 13.9 Å². The average molecular weight is 303 g/mol. The van der Waals surface area contributed by atoms with Crippen LogP contribution in [0.15, 0.2) is 45.8 Å². The van der Waals surface area contributed by atoms with Crippen LogP contribution in [0.5, 0.6) is 0 Å². The lowest BCUT2D eigenvalue weighted by molar-refractivity contribution is 0.281. The lowest BCUT2D eigenvalue weighted by atomic mass is 10.0. The lowest BCUT2D eigenvalue weighted by Gasteiger charge is -2.07. The number of hydrogen-bond acceptors (Lipinski definition) is 5. The first kappa shape index (κ1) is 15.9. The topological polar surface area (TPSA) is 84.6 Å². The van der Waals surface area contributed by atoms with Crippen LogP contribution in [0.4, 0.5) is 4.39 Å². The van der Waals surface area contributed by atoms with E-state index < -0.39 is 5.82 Å². The molecule has 2 aromatic rings. The molecule has 0 radical (unpaired) electrons. The van der Waals surface area contributed by atoms with Crippen molar-refractivity contribution in [2.75, 3.05) is 6.54 Å². The first-order valence-electron chi connectivity index (χ1n) is 6.92. The summed E-state index contributed by atoms with van der Waals surface area (Å²) in [5, 5.41) is 9.40. The maximum atomic E-state index is 13.3. The fraction of sp³-hybridized carbons (Fsp3) is 0.250. The molecule has 5 nitrogen and oxygen atoms in total. The molecule has 0 spiro atoms. The minimum Gasteiger partial charge on any atom is -0.447 e. The molecule has 3 N–H and O–H groups in total. The number of rotatable bonds is 6. The molecule has 22 heavy (non-hydrogen) atoms. The molecular formula is C16H18FN3O2. The van der Waals surface area contributed by atoms with Gasteiger partial charge in [0.15, 0.2) is 6.39 Å². The van der Waals surface area contributed by atoms with Gasteiger partial charge in [0, 0.05) is 24.7 Å². The Labute approximate surface area is 128 Å². The Morgan fingerprint density at radius 1 is 1.50 bits per heavy atom. The molecule has 0 atom stereocenters. The zero-order valence-corrected chi connectivity index (χ0v) is 12.3. The fourth-order valence-electron chi connectivity index (χ4n) is 2.08. The van der Waals surface area contributed by atoms with E-state index in [2.05, 4.69) is 9.98 Å². The molecule has 0 aliphatic rings. The molecule has 116 valence electrons. The predicted molar refractivity (Wildman–Crippen MR) is 82.8 cm³/mol. The summed E-state index contributed by atoms with van der Waals surface area (Å²) in [7, 11) is 0. The molecule has 2 rings (SSSR count). The van der Waals surface area contributed by atoms with E-state index in [1.807, 2.05) is 6.92 Å². The molecule has 0 amide bonds. The number of aliphatic hydroxyl groups excluding tert-OH is 1. The van der Waals surface area contributed by atoms with Crippen LogP contribution in [0.1, 0.15) is 18.2 Å². The third-order valence-corrected chi connectivity index (χ3v) is 3.15. The molecule has 0 unspecified atom stereocenters. The van der Waals surface area contributed by atoms with E-state index >= 15 is 0 Å². The fourth-order valence-corrected chi connectivity index (χ4v) is 2.08. The summed E-state index contributed by atoms with van der Waals surface area (Å²) in [6, 6.07) is 4.19. The van der Waals surface area contributed by atoms with Gasteiger partial charge in [0.2, 0.25) is 0 Å². The highest BCUT2D eigenvalue weighted by Crippen LogP contribution is 2.28. The van der Waals surface area contributed by atoms with Crippen LogP contribution < -0.4 is 5.73 Å². The summed E-state index contributed by atoms with van der Waals surface area (Å²) < 4.78 is 18.7. The van der Waals surface area contributed by atoms with Crippen molar-refractivity contribution in [2.24, 2.45) is 10.7 Å². The zero-order valence-electron chi connectivity index (χ0n) is 12.3. The smallest absolute Gasteiger partial charge is 0.181 e. The van der Waals surface area contributed by atoms with Crippen molar-refractivity contribution in [3.8, 4) is 11.3 Å². The van der Waals surface area contributed by atoms with Crippen LogP contribution in [0.25, 0.3) is 11.3 Å². The van der Waals surface area contributed by atoms with Gasteiger partial charge in [-0.05, 0) is 42.5 Å². The molecule has 1 aromatic carbocycles. The van der Waals surface area contributed by atoms with E-state index in [0.717, 1.165) is 5.57 Å². The first-order valence-corrected chi connectivity index (χ1v) is 6.92. The number of allylic oxidation sites excluding steroid dienone is 1. The van der Waals surface area contributed by atoms with Crippen LogP contribution in [0.3, 0.4) is 0 Å². The molecule has 0 fully saturated rings. The zero-order chi connectivity index (χ0) is 15.9. The Morgan fingerprint density at radius 3 is 3.00 bits per heavy atom. The largest absolute Gasteiger partial charge is 0.447 e. The number of aliphatic imine (C=N–C) groups is 1. The van der Waals surface area contributed by atoms with Gasteiger partial charge in [-0.1, -0.05) is 0 Å². The van der Waals surface area contributed by atoms with Crippen molar-refractivity contribution >= 4 is 6.21 Å². The minimum atomic E-state index is -0.407. The van der Waals surface area contributed by atoms with Crippen molar-refractivity contribution in [1.29, 1.82) is 0 Å². The van der Waals surface area contributed by atoms with Crippen LogP contribution in [0.2, 0.25) is 0 Å². The summed E-state index contributed by atoms with van der Waals surface area (Å²) in [5.74, 6) is 0.177. The van der Waals surface area contributed by atoms with Gasteiger partial charge in [0.1, 0.15) is 17.3 Å². The van der Waals surface area contributed by atoms with Gasteiger partial charge in [-0.25, -0.2) is 9.37 Å². The van der Waals surface area contributed by atoms with Crippen LogP contribution in [-0.4, -0.2) is 22.8 Å². The SMILES string of the molecule is CCN=CC(=CN)Cc1ocnc1-c1ccc(F)cc1CO. The number of aliphatic hydroxyl groups is 1. The second kappa shape index (κ2) is 7.51. The van der Waals surface area contributed by atoms with Gasteiger partial charge in [-0.15, -0.1) is 0 Å². The van der Waals surface area contributed by atoms with Gasteiger partial charge in [-0.2, -0.15) is 0 Å². The van der Waals surface area contributed by atoms with E-state index in [9.17, 15) is 9.50 Å². The van der Waals surface area contributed by atoms with Crippen LogP contribution in [-0.2, 0) is 13.0 Å². The summed E-state index contributed by atoms with van der Waals surface area (Å²) in [6.07, 6.45) is 4.88. The van der Waals surface area contributed by atoms with Crippen molar-refractivity contribution in [3.05, 3.63) is 53.5 Å². The van der Waals surface area contributed by atoms with E-state index in [1.54, 1.807) is 12.3 Å². The summed E-state index contributed by atoms with van der Waals surface area (Å²) in [5.41, 5.74) is 8.03. The van der Waals surface area contributed by atoms with Gasteiger partial charge in [0.25, 0.3) is 0 Å². The van der Waals surface area contributed by atoms with E-state index in [-0.39, 0.29) is 6.61 Å². The second-order valence-corrected chi connectivity index (χ2v) is 4.63. The Hall–Kier alpha value is -2.47. The third kappa shape index (κ3) is 3.59. The molecule has 0 saturated carbocycles. The van der Waals surface area contributed by atoms with E-state index in [0.29, 0.717) is 35.5 Å². The Balaban J connectivity index is 2.36. The van der Waals surface area contributed by atoms with Crippen LogP contribution in [0, 0.1) is 5.82 Å². The van der Waals surface area contributed by atoms with Gasteiger partial charge in [-0.3, -0.25) is 4.99 Å². The summed E-state index contributed by atoms with van der Waals surface area (Å²) >= 11 is 0. The van der Waals surface area contributed by atoms with E-state index in [4.69, 9.17) is 10.2 Å². The number of aromatic nitrogens is 1. The molecular weight excluding hydrogens is 285 g/mol. The lowest BCUT2D eigenvalue weighted by Crippen LogP contribution is -1.99. The summed E-state index contributed by atoms with van der Waals surface area (Å²) in [6.45, 7) is 2.31. The van der Waals surface area contributed by atoms with Crippen LogP contribution >= 0.6 is 0 Å². The molecule has 0 bridgehead atoms. The quantitative estimate of drug-likeness (QED) is 0.803. The maximum absolute atomic E-state index is 13.3. The number of halogens is 1. The third-order valence-electron chi connectivity index (χ3n) is 3.15. The Bertz CT molecular complexity index is 692. The van der Waals surface area contributed by atoms with Gasteiger partial charge in [0.05, 0.1) is 6.61 Å². The average Bonchev–Trinajstić information content (AvgIpc) is 2.99. The molecule has 0 saturated heterocycles. The molecule has 0 aliphatic heterocycles. The van der Waals surface area contributed by atoms with Crippen molar-refractivity contribution in [1.82, 2.24) is 4.98 Å². The Kier molecular flexibility index (Phi) is 5.43. The normalized spacial score (nSPS) is 12.2.